The van der Waals surface area contributed by atoms with Crippen LogP contribution in [0.2, 0.25) is 0 Å². The Balaban J connectivity index is 1.93. The van der Waals surface area contributed by atoms with Gasteiger partial charge < -0.3 is 20.3 Å². The van der Waals surface area contributed by atoms with Gasteiger partial charge in [-0.2, -0.15) is 13.2 Å². The molecule has 0 spiro atoms. The summed E-state index contributed by atoms with van der Waals surface area (Å²) in [6, 6.07) is 2.83. The van der Waals surface area contributed by atoms with Gasteiger partial charge in [-0.05, 0) is 45.4 Å². The molecule has 1 atom stereocenters. The van der Waals surface area contributed by atoms with E-state index in [0.29, 0.717) is 37.4 Å². The first kappa shape index (κ1) is 28.3. The SMILES string of the molecule is CCOC(=O)C1=C(CN2CCN(C(=O)NC(C)C)CC2)N(CC)C(=O)N[C@@H]1c1ccc(C(F)(F)F)cc1. The molecule has 3 rings (SSSR count). The number of halogens is 3. The van der Waals surface area contributed by atoms with Crippen molar-refractivity contribution in [1.82, 2.24) is 25.3 Å². The maximum atomic E-state index is 13.2. The Morgan fingerprint density at radius 1 is 1.11 bits per heavy atom. The number of ether oxygens (including phenoxy) is 1. The summed E-state index contributed by atoms with van der Waals surface area (Å²) in [5, 5.41) is 5.63. The Morgan fingerprint density at radius 2 is 1.73 bits per heavy atom. The van der Waals surface area contributed by atoms with Gasteiger partial charge in [-0.25, -0.2) is 14.4 Å². The van der Waals surface area contributed by atoms with Crippen molar-refractivity contribution in [3.8, 4) is 0 Å². The highest BCUT2D eigenvalue weighted by molar-refractivity contribution is 5.95. The molecule has 0 radical (unpaired) electrons. The lowest BCUT2D eigenvalue weighted by atomic mass is 9.93. The predicted molar refractivity (Wildman–Crippen MR) is 130 cm³/mol. The van der Waals surface area contributed by atoms with E-state index >= 15 is 0 Å². The number of rotatable bonds is 7. The maximum Gasteiger partial charge on any atom is 0.416 e. The molecule has 0 bridgehead atoms. The van der Waals surface area contributed by atoms with Crippen LogP contribution in [0.1, 0.15) is 44.9 Å². The highest BCUT2D eigenvalue weighted by Gasteiger charge is 2.39. The number of benzene rings is 1. The molecule has 204 valence electrons. The zero-order valence-corrected chi connectivity index (χ0v) is 21.5. The molecule has 0 unspecified atom stereocenters. The topological polar surface area (TPSA) is 94.2 Å². The molecule has 0 aliphatic carbocycles. The number of hydrogen-bond acceptors (Lipinski definition) is 5. The van der Waals surface area contributed by atoms with Crippen LogP contribution in [0.25, 0.3) is 0 Å². The van der Waals surface area contributed by atoms with E-state index < -0.39 is 29.8 Å². The summed E-state index contributed by atoms with van der Waals surface area (Å²) >= 11 is 0. The van der Waals surface area contributed by atoms with E-state index in [0.717, 1.165) is 12.1 Å². The summed E-state index contributed by atoms with van der Waals surface area (Å²) in [7, 11) is 0. The zero-order valence-electron chi connectivity index (χ0n) is 21.5. The highest BCUT2D eigenvalue weighted by Crippen LogP contribution is 2.34. The lowest BCUT2D eigenvalue weighted by Gasteiger charge is -2.40. The first-order chi connectivity index (χ1) is 17.5. The van der Waals surface area contributed by atoms with Gasteiger partial charge in [0.05, 0.1) is 23.8 Å². The number of urea groups is 2. The van der Waals surface area contributed by atoms with Crippen LogP contribution in [0.5, 0.6) is 0 Å². The van der Waals surface area contributed by atoms with Gasteiger partial charge in [0.2, 0.25) is 0 Å². The first-order valence-corrected chi connectivity index (χ1v) is 12.4. The molecule has 2 heterocycles. The summed E-state index contributed by atoms with van der Waals surface area (Å²) in [5.74, 6) is -0.643. The number of amides is 4. The molecule has 1 aromatic carbocycles. The van der Waals surface area contributed by atoms with E-state index in [1.165, 1.54) is 17.0 Å². The quantitative estimate of drug-likeness (QED) is 0.533. The Morgan fingerprint density at radius 3 is 2.24 bits per heavy atom. The van der Waals surface area contributed by atoms with Crippen molar-refractivity contribution in [1.29, 1.82) is 0 Å². The van der Waals surface area contributed by atoms with Crippen LogP contribution in [0, 0.1) is 0 Å². The second-order valence-electron chi connectivity index (χ2n) is 9.19. The number of piperazine rings is 1. The first-order valence-electron chi connectivity index (χ1n) is 12.4. The number of carbonyl (C=O) groups is 3. The molecule has 2 N–H and O–H groups in total. The number of nitrogens with one attached hydrogen (secondary N) is 2. The van der Waals surface area contributed by atoms with Crippen molar-refractivity contribution >= 4 is 18.0 Å². The van der Waals surface area contributed by atoms with E-state index in [1.807, 2.05) is 18.7 Å². The van der Waals surface area contributed by atoms with Gasteiger partial charge in [-0.15, -0.1) is 0 Å². The van der Waals surface area contributed by atoms with E-state index in [9.17, 15) is 27.6 Å². The monoisotopic (exact) mass is 525 g/mol. The van der Waals surface area contributed by atoms with Gasteiger partial charge >= 0.3 is 24.2 Å². The van der Waals surface area contributed by atoms with Crippen LogP contribution in [0.15, 0.2) is 35.5 Å². The third-order valence-corrected chi connectivity index (χ3v) is 6.27. The molecule has 9 nitrogen and oxygen atoms in total. The molecule has 1 saturated heterocycles. The lowest BCUT2D eigenvalue weighted by Crippen LogP contribution is -2.55. The minimum atomic E-state index is -4.51. The fraction of sp³-hybridized carbons (Fsp3) is 0.560. The third kappa shape index (κ3) is 6.73. The smallest absolute Gasteiger partial charge is 0.416 e. The molecule has 4 amide bonds. The minimum Gasteiger partial charge on any atom is -0.463 e. The summed E-state index contributed by atoms with van der Waals surface area (Å²) in [6.07, 6.45) is -4.51. The fourth-order valence-electron chi connectivity index (χ4n) is 4.43. The largest absolute Gasteiger partial charge is 0.463 e. The Kier molecular flexibility index (Phi) is 9.06. The van der Waals surface area contributed by atoms with Crippen molar-refractivity contribution in [2.75, 3.05) is 45.9 Å². The Labute approximate surface area is 214 Å². The van der Waals surface area contributed by atoms with Gasteiger partial charge in [0, 0.05) is 51.0 Å². The van der Waals surface area contributed by atoms with Crippen molar-refractivity contribution in [2.24, 2.45) is 0 Å². The van der Waals surface area contributed by atoms with E-state index in [2.05, 4.69) is 10.6 Å². The Bertz CT molecular complexity index is 1020. The average molecular weight is 526 g/mol. The van der Waals surface area contributed by atoms with Crippen molar-refractivity contribution in [2.45, 2.75) is 46.0 Å². The molecular formula is C25H34F3N5O4. The average Bonchev–Trinajstić information content (AvgIpc) is 2.83. The van der Waals surface area contributed by atoms with Crippen molar-refractivity contribution in [3.05, 3.63) is 46.7 Å². The summed E-state index contributed by atoms with van der Waals surface area (Å²) in [6.45, 7) is 9.82. The molecule has 12 heteroatoms. The molecule has 2 aliphatic rings. The van der Waals surface area contributed by atoms with Gasteiger partial charge in [0.1, 0.15) is 0 Å². The summed E-state index contributed by atoms with van der Waals surface area (Å²) in [5.41, 5.74) is 0.139. The van der Waals surface area contributed by atoms with Crippen molar-refractivity contribution < 1.29 is 32.3 Å². The van der Waals surface area contributed by atoms with Crippen LogP contribution in [0.4, 0.5) is 22.8 Å². The molecule has 1 fully saturated rings. The number of carbonyl (C=O) groups excluding carboxylic acids is 3. The van der Waals surface area contributed by atoms with Crippen LogP contribution in [0.3, 0.4) is 0 Å². The van der Waals surface area contributed by atoms with Gasteiger partial charge in [-0.1, -0.05) is 12.1 Å². The fourth-order valence-corrected chi connectivity index (χ4v) is 4.43. The molecule has 37 heavy (non-hydrogen) atoms. The molecule has 0 aromatic heterocycles. The summed E-state index contributed by atoms with van der Waals surface area (Å²) < 4.78 is 44.6. The van der Waals surface area contributed by atoms with E-state index in [-0.39, 0.29) is 37.3 Å². The molecule has 2 aliphatic heterocycles. The third-order valence-electron chi connectivity index (χ3n) is 6.27. The number of likely N-dealkylation sites (N-methyl/N-ethyl adjacent to an activating group) is 1. The van der Waals surface area contributed by atoms with E-state index in [1.54, 1.807) is 18.7 Å². The van der Waals surface area contributed by atoms with Crippen LogP contribution in [-0.2, 0) is 15.7 Å². The number of alkyl halides is 3. The standard InChI is InChI=1S/C25H34F3N5O4/c1-5-33-19(15-31-11-13-32(14-12-31)23(35)29-16(3)4)20(22(34)37-6-2)21(30-24(33)36)17-7-9-18(10-8-17)25(26,27)28/h7-10,16,21H,5-6,11-15H2,1-4H3,(H,29,35)(H,30,36)/t21-/m1/s1. The van der Waals surface area contributed by atoms with Crippen LogP contribution < -0.4 is 10.6 Å². The zero-order chi connectivity index (χ0) is 27.3. The van der Waals surface area contributed by atoms with Crippen LogP contribution in [-0.4, -0.2) is 84.6 Å². The number of esters is 1. The second kappa shape index (κ2) is 11.8. The van der Waals surface area contributed by atoms with Crippen molar-refractivity contribution in [3.63, 3.8) is 0 Å². The highest BCUT2D eigenvalue weighted by atomic mass is 19.4. The predicted octanol–water partition coefficient (Wildman–Crippen LogP) is 3.34. The lowest BCUT2D eigenvalue weighted by molar-refractivity contribution is -0.139. The van der Waals surface area contributed by atoms with Gasteiger partial charge in [-0.3, -0.25) is 9.80 Å². The number of nitrogens with zero attached hydrogens (tertiary/aromatic N) is 3. The van der Waals surface area contributed by atoms with E-state index in [4.69, 9.17) is 4.74 Å². The molecule has 0 saturated carbocycles. The normalized spacial score (nSPS) is 19.2. The van der Waals surface area contributed by atoms with Gasteiger partial charge in [0.25, 0.3) is 0 Å². The Hall–Kier alpha value is -3.28. The second-order valence-corrected chi connectivity index (χ2v) is 9.19. The maximum absolute atomic E-state index is 13.2. The molecular weight excluding hydrogens is 491 g/mol. The number of hydrogen-bond donors (Lipinski definition) is 2. The molecule has 1 aromatic rings. The van der Waals surface area contributed by atoms with Crippen LogP contribution >= 0.6 is 0 Å². The minimum absolute atomic E-state index is 0.0174. The summed E-state index contributed by atoms with van der Waals surface area (Å²) in [4.78, 5) is 43.7. The van der Waals surface area contributed by atoms with Gasteiger partial charge in [0.15, 0.2) is 0 Å².